The van der Waals surface area contributed by atoms with E-state index in [9.17, 15) is 9.18 Å². The molecule has 3 rings (SSSR count). The number of carbonyl (C=O) groups excluding carboxylic acids is 1. The maximum Gasteiger partial charge on any atom is 0.310 e. The van der Waals surface area contributed by atoms with E-state index in [1.54, 1.807) is 6.07 Å². The lowest BCUT2D eigenvalue weighted by atomic mass is 10.0. The van der Waals surface area contributed by atoms with Crippen molar-refractivity contribution < 1.29 is 18.7 Å². The van der Waals surface area contributed by atoms with Gasteiger partial charge in [-0.3, -0.25) is 9.78 Å². The van der Waals surface area contributed by atoms with Gasteiger partial charge in [-0.15, -0.1) is 0 Å². The zero-order chi connectivity index (χ0) is 18.1. The molecule has 0 radical (unpaired) electrons. The van der Waals surface area contributed by atoms with E-state index in [2.05, 4.69) is 9.88 Å². The highest BCUT2D eigenvalue weighted by Crippen LogP contribution is 2.34. The van der Waals surface area contributed by atoms with Crippen molar-refractivity contribution in [2.45, 2.75) is 39.4 Å². The Kier molecular flexibility index (Phi) is 4.90. The minimum Gasteiger partial charge on any atom is -0.469 e. The summed E-state index contributed by atoms with van der Waals surface area (Å²) in [5, 5.41) is 0.714. The molecule has 2 unspecified atom stereocenters. The van der Waals surface area contributed by atoms with Crippen molar-refractivity contribution in [2.75, 3.05) is 25.1 Å². The quantitative estimate of drug-likeness (QED) is 0.800. The lowest BCUT2D eigenvalue weighted by Crippen LogP contribution is -2.46. The Labute approximate surface area is 146 Å². The third kappa shape index (κ3) is 3.58. The molecule has 0 amide bonds. The Bertz CT molecular complexity index is 799. The minimum atomic E-state index is -0.337. The highest BCUT2D eigenvalue weighted by atomic mass is 19.1. The van der Waals surface area contributed by atoms with Crippen molar-refractivity contribution >= 4 is 22.6 Å². The monoisotopic (exact) mass is 346 g/mol. The average Bonchev–Trinajstić information content (AvgIpc) is 2.54. The molecule has 2 aromatic rings. The highest BCUT2D eigenvalue weighted by molar-refractivity contribution is 5.95. The number of hydrogen-bond acceptors (Lipinski definition) is 5. The number of carbonyl (C=O) groups is 1. The Morgan fingerprint density at radius 2 is 2.04 bits per heavy atom. The van der Waals surface area contributed by atoms with Gasteiger partial charge in [-0.1, -0.05) is 0 Å². The van der Waals surface area contributed by atoms with Crippen molar-refractivity contribution in [1.29, 1.82) is 0 Å². The first-order chi connectivity index (χ1) is 11.9. The van der Waals surface area contributed by atoms with Crippen molar-refractivity contribution in [3.8, 4) is 0 Å². The molecule has 1 aromatic heterocycles. The fraction of sp³-hybridized carbons (Fsp3) is 0.474. The Balaban J connectivity index is 2.21. The van der Waals surface area contributed by atoms with E-state index in [1.165, 1.54) is 19.2 Å². The number of nitrogens with zero attached hydrogens (tertiary/aromatic N) is 2. The molecule has 0 bridgehead atoms. The number of anilines is 1. The van der Waals surface area contributed by atoms with Crippen LogP contribution in [-0.2, 0) is 20.7 Å². The zero-order valence-electron chi connectivity index (χ0n) is 15.0. The summed E-state index contributed by atoms with van der Waals surface area (Å²) in [6.07, 6.45) is 0.204. The van der Waals surface area contributed by atoms with E-state index < -0.39 is 0 Å². The molecule has 6 heteroatoms. The fourth-order valence-electron chi connectivity index (χ4n) is 3.53. The third-order valence-corrected chi connectivity index (χ3v) is 4.51. The van der Waals surface area contributed by atoms with Crippen LogP contribution in [0.5, 0.6) is 0 Å². The molecule has 1 aliphatic rings. The van der Waals surface area contributed by atoms with Crippen molar-refractivity contribution in [2.24, 2.45) is 0 Å². The molecule has 2 atom stereocenters. The Morgan fingerprint density at radius 3 is 2.68 bits per heavy atom. The molecular formula is C19H23FN2O3. The number of halogens is 1. The van der Waals surface area contributed by atoms with Crippen LogP contribution in [0.4, 0.5) is 10.1 Å². The van der Waals surface area contributed by atoms with Gasteiger partial charge in [0, 0.05) is 29.7 Å². The number of morpholine rings is 1. The van der Waals surface area contributed by atoms with Crippen LogP contribution in [0.25, 0.3) is 10.9 Å². The number of fused-ring (bicyclic) bond motifs is 1. The van der Waals surface area contributed by atoms with Crippen molar-refractivity contribution in [1.82, 2.24) is 4.98 Å². The lowest BCUT2D eigenvalue weighted by molar-refractivity contribution is -0.139. The largest absolute Gasteiger partial charge is 0.469 e. The number of pyridine rings is 1. The van der Waals surface area contributed by atoms with Gasteiger partial charge in [0.05, 0.1) is 36.9 Å². The second kappa shape index (κ2) is 6.96. The first-order valence-electron chi connectivity index (χ1n) is 8.45. The summed E-state index contributed by atoms with van der Waals surface area (Å²) in [4.78, 5) is 18.7. The summed E-state index contributed by atoms with van der Waals surface area (Å²) in [5.74, 6) is -0.658. The van der Waals surface area contributed by atoms with E-state index in [0.717, 1.165) is 16.9 Å². The molecule has 25 heavy (non-hydrogen) atoms. The number of methoxy groups -OCH3 is 1. The molecular weight excluding hydrogens is 323 g/mol. The molecule has 1 saturated heterocycles. The van der Waals surface area contributed by atoms with Crippen LogP contribution in [0.15, 0.2) is 18.2 Å². The van der Waals surface area contributed by atoms with E-state index in [1.807, 2.05) is 20.8 Å². The van der Waals surface area contributed by atoms with E-state index in [4.69, 9.17) is 9.47 Å². The maximum absolute atomic E-state index is 13.9. The first-order valence-corrected chi connectivity index (χ1v) is 8.45. The van der Waals surface area contributed by atoms with Crippen molar-refractivity contribution in [3.05, 3.63) is 35.3 Å². The number of aromatic nitrogens is 1. The number of ether oxygens (including phenoxy) is 2. The number of esters is 1. The average molecular weight is 346 g/mol. The van der Waals surface area contributed by atoms with Gasteiger partial charge < -0.3 is 14.4 Å². The van der Waals surface area contributed by atoms with Crippen molar-refractivity contribution in [3.63, 3.8) is 0 Å². The first kappa shape index (κ1) is 17.6. The molecule has 134 valence electrons. The summed E-state index contributed by atoms with van der Waals surface area (Å²) in [6.45, 7) is 7.25. The standard InChI is InChI=1S/C19H23FN2O3/c1-11-9-22(10-12(2)25-11)19-15(8-18(23)24-4)13(3)21-17-6-5-14(20)7-16(17)19/h5-7,11-12H,8-10H2,1-4H3. The lowest BCUT2D eigenvalue weighted by Gasteiger charge is -2.38. The number of benzene rings is 1. The molecule has 0 N–H and O–H groups in total. The predicted octanol–water partition coefficient (Wildman–Crippen LogP) is 3.01. The topological polar surface area (TPSA) is 51.7 Å². The normalized spacial score (nSPS) is 20.8. The molecule has 1 aromatic carbocycles. The van der Waals surface area contributed by atoms with Gasteiger partial charge in [0.25, 0.3) is 0 Å². The van der Waals surface area contributed by atoms with Gasteiger partial charge in [0.1, 0.15) is 5.82 Å². The minimum absolute atomic E-state index is 0.0480. The van der Waals surface area contributed by atoms with Crippen LogP contribution >= 0.6 is 0 Å². The summed E-state index contributed by atoms with van der Waals surface area (Å²) in [6, 6.07) is 4.57. The Morgan fingerprint density at radius 1 is 1.36 bits per heavy atom. The van der Waals surface area contributed by atoms with Crippen LogP contribution < -0.4 is 4.90 Å². The van der Waals surface area contributed by atoms with Gasteiger partial charge in [-0.05, 0) is 39.0 Å². The number of hydrogen-bond donors (Lipinski definition) is 0. The second-order valence-corrected chi connectivity index (χ2v) is 6.60. The van der Waals surface area contributed by atoms with E-state index >= 15 is 0 Å². The van der Waals surface area contributed by atoms with Gasteiger partial charge >= 0.3 is 5.97 Å². The van der Waals surface area contributed by atoms with Gasteiger partial charge in [0.2, 0.25) is 0 Å². The fourth-order valence-corrected chi connectivity index (χ4v) is 3.53. The maximum atomic E-state index is 13.9. The summed E-state index contributed by atoms with van der Waals surface area (Å²) in [5.41, 5.74) is 3.11. The molecule has 1 aliphatic heterocycles. The molecule has 2 heterocycles. The third-order valence-electron chi connectivity index (χ3n) is 4.51. The Hall–Kier alpha value is -2.21. The number of rotatable bonds is 3. The molecule has 0 aliphatic carbocycles. The van der Waals surface area contributed by atoms with E-state index in [-0.39, 0.29) is 30.4 Å². The summed E-state index contributed by atoms with van der Waals surface area (Å²) < 4.78 is 24.6. The molecule has 0 spiro atoms. The van der Waals surface area contributed by atoms with E-state index in [0.29, 0.717) is 24.0 Å². The summed E-state index contributed by atoms with van der Waals surface area (Å²) >= 11 is 0. The molecule has 0 saturated carbocycles. The van der Waals surface area contributed by atoms with Crippen LogP contribution in [0.1, 0.15) is 25.1 Å². The highest BCUT2D eigenvalue weighted by Gasteiger charge is 2.27. The SMILES string of the molecule is COC(=O)Cc1c(C)nc2ccc(F)cc2c1N1CC(C)OC(C)C1. The summed E-state index contributed by atoms with van der Waals surface area (Å²) in [7, 11) is 1.37. The molecule has 5 nitrogen and oxygen atoms in total. The number of aryl methyl sites for hydroxylation is 1. The smallest absolute Gasteiger partial charge is 0.310 e. The van der Waals surface area contributed by atoms with Crippen LogP contribution in [-0.4, -0.2) is 43.4 Å². The van der Waals surface area contributed by atoms with Gasteiger partial charge in [-0.2, -0.15) is 0 Å². The second-order valence-electron chi connectivity index (χ2n) is 6.60. The van der Waals surface area contributed by atoms with Crippen LogP contribution in [0, 0.1) is 12.7 Å². The van der Waals surface area contributed by atoms with Crippen LogP contribution in [0.2, 0.25) is 0 Å². The zero-order valence-corrected chi connectivity index (χ0v) is 15.0. The van der Waals surface area contributed by atoms with Gasteiger partial charge in [0.15, 0.2) is 0 Å². The van der Waals surface area contributed by atoms with Crippen LogP contribution in [0.3, 0.4) is 0 Å². The molecule has 1 fully saturated rings. The predicted molar refractivity (Wildman–Crippen MR) is 94.4 cm³/mol. The van der Waals surface area contributed by atoms with Gasteiger partial charge in [-0.25, -0.2) is 4.39 Å².